The first kappa shape index (κ1) is 20.7. The highest BCUT2D eigenvalue weighted by atomic mass is 35.5. The molecule has 2 aliphatic rings. The van der Waals surface area contributed by atoms with Gasteiger partial charge in [-0.1, -0.05) is 48.0 Å². The van der Waals surface area contributed by atoms with Gasteiger partial charge in [0.1, 0.15) is 0 Å². The number of rotatable bonds is 6. The van der Waals surface area contributed by atoms with Crippen LogP contribution < -0.4 is 4.90 Å². The third-order valence-electron chi connectivity index (χ3n) is 6.41. The molecule has 2 fully saturated rings. The zero-order chi connectivity index (χ0) is 20.1. The standard InChI is InChI=1S/C24H33ClN4/c1-26-13-14-28(20-24(26)21-7-3-2-4-8-21)12-6-11-27-15-17-29(18-16-27)23-10-5-9-22(25)19-23/h2-5,7-10,19,24H,6,11-18,20H2,1H3. The molecule has 0 N–H and O–H groups in total. The number of anilines is 1. The van der Waals surface area contributed by atoms with E-state index in [1.807, 2.05) is 12.1 Å². The summed E-state index contributed by atoms with van der Waals surface area (Å²) in [5.41, 5.74) is 2.69. The minimum absolute atomic E-state index is 0.520. The van der Waals surface area contributed by atoms with E-state index >= 15 is 0 Å². The van der Waals surface area contributed by atoms with Gasteiger partial charge in [0.2, 0.25) is 0 Å². The average Bonchev–Trinajstić information content (AvgIpc) is 2.76. The van der Waals surface area contributed by atoms with Crippen LogP contribution in [0.2, 0.25) is 5.02 Å². The normalized spacial score (nSPS) is 22.1. The Kier molecular flexibility index (Phi) is 7.09. The second-order valence-corrected chi connectivity index (χ2v) is 8.81. The Balaban J connectivity index is 1.20. The monoisotopic (exact) mass is 412 g/mol. The van der Waals surface area contributed by atoms with Gasteiger partial charge in [-0.15, -0.1) is 0 Å². The summed E-state index contributed by atoms with van der Waals surface area (Å²) in [5, 5.41) is 0.825. The van der Waals surface area contributed by atoms with E-state index in [-0.39, 0.29) is 0 Å². The van der Waals surface area contributed by atoms with Crippen molar-refractivity contribution in [2.24, 2.45) is 0 Å². The lowest BCUT2D eigenvalue weighted by Gasteiger charge is -2.40. The SMILES string of the molecule is CN1CCN(CCCN2CCN(c3cccc(Cl)c3)CC2)CC1c1ccccc1. The van der Waals surface area contributed by atoms with Crippen LogP contribution in [0, 0.1) is 0 Å². The largest absolute Gasteiger partial charge is 0.369 e. The Morgan fingerprint density at radius 3 is 2.31 bits per heavy atom. The van der Waals surface area contributed by atoms with Gasteiger partial charge in [0, 0.05) is 62.6 Å². The molecule has 2 saturated heterocycles. The molecule has 0 radical (unpaired) electrons. The molecule has 2 aromatic carbocycles. The van der Waals surface area contributed by atoms with Crippen molar-refractivity contribution in [3.8, 4) is 0 Å². The Labute approximate surface area is 180 Å². The summed E-state index contributed by atoms with van der Waals surface area (Å²) in [6.07, 6.45) is 1.25. The molecule has 156 valence electrons. The number of nitrogens with zero attached hydrogens (tertiary/aromatic N) is 4. The molecule has 0 amide bonds. The fourth-order valence-electron chi connectivity index (χ4n) is 4.59. The number of halogens is 1. The minimum atomic E-state index is 0.520. The van der Waals surface area contributed by atoms with E-state index in [0.29, 0.717) is 6.04 Å². The van der Waals surface area contributed by atoms with E-state index in [0.717, 1.165) is 44.3 Å². The molecule has 1 unspecified atom stereocenters. The van der Waals surface area contributed by atoms with Crippen molar-refractivity contribution >= 4 is 17.3 Å². The van der Waals surface area contributed by atoms with Gasteiger partial charge < -0.3 is 9.80 Å². The lowest BCUT2D eigenvalue weighted by atomic mass is 10.0. The van der Waals surface area contributed by atoms with Crippen LogP contribution in [0.4, 0.5) is 5.69 Å². The number of hydrogen-bond acceptors (Lipinski definition) is 4. The molecule has 2 heterocycles. The Bertz CT molecular complexity index is 760. The summed E-state index contributed by atoms with van der Waals surface area (Å²) in [4.78, 5) is 10.2. The summed E-state index contributed by atoms with van der Waals surface area (Å²) in [5.74, 6) is 0. The fourth-order valence-corrected chi connectivity index (χ4v) is 4.77. The highest BCUT2D eigenvalue weighted by Crippen LogP contribution is 2.24. The van der Waals surface area contributed by atoms with Gasteiger partial charge in [0.15, 0.2) is 0 Å². The summed E-state index contributed by atoms with van der Waals surface area (Å²) in [7, 11) is 2.26. The molecule has 2 aliphatic heterocycles. The van der Waals surface area contributed by atoms with Gasteiger partial charge in [-0.25, -0.2) is 0 Å². The quantitative estimate of drug-likeness (QED) is 0.714. The average molecular weight is 413 g/mol. The van der Waals surface area contributed by atoms with Crippen molar-refractivity contribution in [3.05, 3.63) is 65.2 Å². The lowest BCUT2D eigenvalue weighted by molar-refractivity contribution is 0.0914. The predicted molar refractivity (Wildman–Crippen MR) is 123 cm³/mol. The second-order valence-electron chi connectivity index (χ2n) is 8.37. The van der Waals surface area contributed by atoms with Gasteiger partial charge >= 0.3 is 0 Å². The zero-order valence-corrected chi connectivity index (χ0v) is 18.3. The molecule has 0 bridgehead atoms. The fraction of sp³-hybridized carbons (Fsp3) is 0.500. The summed E-state index contributed by atoms with van der Waals surface area (Å²) >= 11 is 6.15. The molecule has 4 nitrogen and oxygen atoms in total. The Hall–Kier alpha value is -1.59. The molecule has 5 heteroatoms. The van der Waals surface area contributed by atoms with Crippen molar-refractivity contribution in [2.45, 2.75) is 12.5 Å². The van der Waals surface area contributed by atoms with E-state index < -0.39 is 0 Å². The Morgan fingerprint density at radius 1 is 0.828 bits per heavy atom. The van der Waals surface area contributed by atoms with E-state index in [1.165, 1.54) is 37.3 Å². The first-order valence-electron chi connectivity index (χ1n) is 10.9. The van der Waals surface area contributed by atoms with E-state index in [2.05, 4.69) is 69.1 Å². The van der Waals surface area contributed by atoms with Gasteiger partial charge in [0.05, 0.1) is 0 Å². The van der Waals surface area contributed by atoms with Crippen LogP contribution in [0.1, 0.15) is 18.0 Å². The first-order chi connectivity index (χ1) is 14.2. The third kappa shape index (κ3) is 5.52. The van der Waals surface area contributed by atoms with Crippen LogP contribution in [-0.2, 0) is 0 Å². The van der Waals surface area contributed by atoms with E-state index in [9.17, 15) is 0 Å². The van der Waals surface area contributed by atoms with Crippen molar-refractivity contribution in [3.63, 3.8) is 0 Å². The summed E-state index contributed by atoms with van der Waals surface area (Å²) < 4.78 is 0. The number of benzene rings is 2. The van der Waals surface area contributed by atoms with Crippen molar-refractivity contribution in [1.82, 2.24) is 14.7 Å². The number of likely N-dealkylation sites (N-methyl/N-ethyl adjacent to an activating group) is 1. The van der Waals surface area contributed by atoms with Crippen LogP contribution in [-0.4, -0.2) is 80.7 Å². The molecule has 0 aromatic heterocycles. The smallest absolute Gasteiger partial charge is 0.0472 e. The van der Waals surface area contributed by atoms with Crippen LogP contribution in [0.25, 0.3) is 0 Å². The molecule has 0 spiro atoms. The molecule has 4 rings (SSSR count). The second kappa shape index (κ2) is 9.94. The topological polar surface area (TPSA) is 13.0 Å². The van der Waals surface area contributed by atoms with E-state index in [1.54, 1.807) is 0 Å². The molecule has 1 atom stereocenters. The summed E-state index contributed by atoms with van der Waals surface area (Å²) in [6, 6.07) is 19.7. The molecule has 0 saturated carbocycles. The summed E-state index contributed by atoms with van der Waals surface area (Å²) in [6.45, 7) is 10.3. The number of piperazine rings is 2. The maximum atomic E-state index is 6.15. The molecular weight excluding hydrogens is 380 g/mol. The zero-order valence-electron chi connectivity index (χ0n) is 17.5. The van der Waals surface area contributed by atoms with Crippen molar-refractivity contribution in [2.75, 3.05) is 70.9 Å². The van der Waals surface area contributed by atoms with Crippen molar-refractivity contribution in [1.29, 1.82) is 0 Å². The maximum absolute atomic E-state index is 6.15. The molecule has 2 aromatic rings. The highest BCUT2D eigenvalue weighted by molar-refractivity contribution is 6.30. The maximum Gasteiger partial charge on any atom is 0.0472 e. The lowest BCUT2D eigenvalue weighted by Crippen LogP contribution is -2.48. The minimum Gasteiger partial charge on any atom is -0.369 e. The highest BCUT2D eigenvalue weighted by Gasteiger charge is 2.25. The molecule has 29 heavy (non-hydrogen) atoms. The molecule has 0 aliphatic carbocycles. The van der Waals surface area contributed by atoms with Crippen molar-refractivity contribution < 1.29 is 0 Å². The first-order valence-corrected chi connectivity index (χ1v) is 11.3. The van der Waals surface area contributed by atoms with Gasteiger partial charge in [0.25, 0.3) is 0 Å². The van der Waals surface area contributed by atoms with Crippen LogP contribution in [0.5, 0.6) is 0 Å². The Morgan fingerprint density at radius 2 is 1.55 bits per heavy atom. The number of hydrogen-bond donors (Lipinski definition) is 0. The third-order valence-corrected chi connectivity index (χ3v) is 6.65. The van der Waals surface area contributed by atoms with Crippen LogP contribution >= 0.6 is 11.6 Å². The van der Waals surface area contributed by atoms with Gasteiger partial charge in [-0.2, -0.15) is 0 Å². The predicted octanol–water partition coefficient (Wildman–Crippen LogP) is 3.84. The van der Waals surface area contributed by atoms with Gasteiger partial charge in [-0.05, 0) is 50.3 Å². The van der Waals surface area contributed by atoms with Crippen LogP contribution in [0.3, 0.4) is 0 Å². The van der Waals surface area contributed by atoms with Crippen LogP contribution in [0.15, 0.2) is 54.6 Å². The van der Waals surface area contributed by atoms with E-state index in [4.69, 9.17) is 11.6 Å². The molecular formula is C24H33ClN4. The van der Waals surface area contributed by atoms with Gasteiger partial charge in [-0.3, -0.25) is 9.80 Å².